The summed E-state index contributed by atoms with van der Waals surface area (Å²) < 4.78 is 24.0. The van der Waals surface area contributed by atoms with Crippen LogP contribution in [0, 0.1) is 5.82 Å². The molecule has 0 radical (unpaired) electrons. The van der Waals surface area contributed by atoms with Crippen molar-refractivity contribution in [3.05, 3.63) is 83.8 Å². The van der Waals surface area contributed by atoms with Crippen LogP contribution in [0.1, 0.15) is 11.1 Å². The van der Waals surface area contributed by atoms with Gasteiger partial charge in [0.15, 0.2) is 0 Å². The van der Waals surface area contributed by atoms with Gasteiger partial charge in [-0.05, 0) is 41.8 Å². The van der Waals surface area contributed by atoms with Crippen molar-refractivity contribution in [1.29, 1.82) is 0 Å². The molecule has 0 spiro atoms. The second-order valence-corrected chi connectivity index (χ2v) is 6.28. The van der Waals surface area contributed by atoms with Crippen LogP contribution >= 0.6 is 0 Å². The molecule has 0 unspecified atom stereocenters. The summed E-state index contributed by atoms with van der Waals surface area (Å²) in [5, 5.41) is 5.51. The fourth-order valence-electron chi connectivity index (χ4n) is 2.62. The molecule has 0 aliphatic rings. The second-order valence-electron chi connectivity index (χ2n) is 6.28. The van der Waals surface area contributed by atoms with Gasteiger partial charge in [0.25, 0.3) is 0 Å². The van der Waals surface area contributed by atoms with E-state index < -0.39 is 0 Å². The summed E-state index contributed by atoms with van der Waals surface area (Å²) in [4.78, 5) is 16.1. The third-order valence-corrected chi connectivity index (χ3v) is 4.10. The lowest BCUT2D eigenvalue weighted by atomic mass is 10.1. The number of aromatic nitrogens is 1. The van der Waals surface area contributed by atoms with E-state index in [0.717, 1.165) is 11.1 Å². The van der Waals surface area contributed by atoms with Crippen molar-refractivity contribution in [3.8, 4) is 17.4 Å². The molecule has 0 atom stereocenters. The lowest BCUT2D eigenvalue weighted by molar-refractivity contribution is 0.240. The molecule has 2 aromatic carbocycles. The number of benzene rings is 2. The minimum atomic E-state index is -0.293. The van der Waals surface area contributed by atoms with E-state index in [1.807, 2.05) is 30.3 Å². The van der Waals surface area contributed by atoms with E-state index in [2.05, 4.69) is 15.6 Å². The number of rotatable bonds is 8. The molecule has 0 aliphatic heterocycles. The first kappa shape index (κ1) is 20.1. The van der Waals surface area contributed by atoms with Crippen molar-refractivity contribution in [2.45, 2.75) is 13.0 Å². The zero-order chi connectivity index (χ0) is 20.5. The fourth-order valence-corrected chi connectivity index (χ4v) is 2.62. The molecule has 0 bridgehead atoms. The van der Waals surface area contributed by atoms with Crippen LogP contribution < -0.4 is 20.1 Å². The number of amides is 2. The van der Waals surface area contributed by atoms with Crippen molar-refractivity contribution in [2.75, 3.05) is 13.7 Å². The number of halogens is 1. The Labute approximate surface area is 168 Å². The topological polar surface area (TPSA) is 72.5 Å². The maximum Gasteiger partial charge on any atom is 0.315 e. The zero-order valence-electron chi connectivity index (χ0n) is 16.0. The second kappa shape index (κ2) is 10.1. The predicted octanol–water partition coefficient (Wildman–Crippen LogP) is 4.06. The lowest BCUT2D eigenvalue weighted by Crippen LogP contribution is -2.36. The number of pyridine rings is 1. The molecule has 0 aliphatic carbocycles. The number of ether oxygens (including phenoxy) is 2. The Hall–Kier alpha value is -3.61. The molecule has 1 heterocycles. The highest BCUT2D eigenvalue weighted by Crippen LogP contribution is 2.23. The van der Waals surface area contributed by atoms with E-state index in [-0.39, 0.29) is 11.8 Å². The first-order chi connectivity index (χ1) is 14.1. The SMILES string of the molecule is COc1cccc(Oc2ccc(CNC(=O)NCCc3cccc(F)c3)cn2)c1. The highest BCUT2D eigenvalue weighted by atomic mass is 19.1. The van der Waals surface area contributed by atoms with Crippen LogP contribution in [-0.4, -0.2) is 24.7 Å². The number of carbonyl (C=O) groups excluding carboxylic acids is 1. The molecule has 7 heteroatoms. The van der Waals surface area contributed by atoms with Gasteiger partial charge in [0.2, 0.25) is 5.88 Å². The summed E-state index contributed by atoms with van der Waals surface area (Å²) in [6, 6.07) is 16.8. The standard InChI is InChI=1S/C22H22FN3O3/c1-28-19-6-3-7-20(13-19)29-21-9-8-17(14-25-21)15-26-22(27)24-11-10-16-4-2-5-18(23)12-16/h2-9,12-14H,10-11,15H2,1H3,(H2,24,26,27). The molecule has 0 saturated heterocycles. The van der Waals surface area contributed by atoms with Gasteiger partial charge in [-0.15, -0.1) is 0 Å². The van der Waals surface area contributed by atoms with Crippen LogP contribution in [0.4, 0.5) is 9.18 Å². The highest BCUT2D eigenvalue weighted by Gasteiger charge is 2.04. The molecular weight excluding hydrogens is 373 g/mol. The van der Waals surface area contributed by atoms with Gasteiger partial charge >= 0.3 is 6.03 Å². The van der Waals surface area contributed by atoms with Gasteiger partial charge in [-0.3, -0.25) is 0 Å². The summed E-state index contributed by atoms with van der Waals surface area (Å²) >= 11 is 0. The van der Waals surface area contributed by atoms with Gasteiger partial charge < -0.3 is 20.1 Å². The molecule has 150 valence electrons. The molecule has 0 saturated carbocycles. The largest absolute Gasteiger partial charge is 0.497 e. The molecule has 0 fully saturated rings. The molecule has 29 heavy (non-hydrogen) atoms. The lowest BCUT2D eigenvalue weighted by Gasteiger charge is -2.09. The molecule has 1 aromatic heterocycles. The van der Waals surface area contributed by atoms with E-state index in [9.17, 15) is 9.18 Å². The molecule has 3 rings (SSSR count). The van der Waals surface area contributed by atoms with E-state index in [4.69, 9.17) is 9.47 Å². The van der Waals surface area contributed by atoms with Crippen molar-refractivity contribution in [1.82, 2.24) is 15.6 Å². The van der Waals surface area contributed by atoms with E-state index >= 15 is 0 Å². The first-order valence-electron chi connectivity index (χ1n) is 9.15. The minimum Gasteiger partial charge on any atom is -0.497 e. The Morgan fingerprint density at radius 2 is 1.83 bits per heavy atom. The van der Waals surface area contributed by atoms with Crippen LogP contribution in [-0.2, 0) is 13.0 Å². The first-order valence-corrected chi connectivity index (χ1v) is 9.15. The minimum absolute atomic E-state index is 0.279. The zero-order valence-corrected chi connectivity index (χ0v) is 16.0. The van der Waals surface area contributed by atoms with Crippen LogP contribution in [0.25, 0.3) is 0 Å². The van der Waals surface area contributed by atoms with Gasteiger partial charge in [-0.1, -0.05) is 24.3 Å². The van der Waals surface area contributed by atoms with Crippen molar-refractivity contribution in [3.63, 3.8) is 0 Å². The Morgan fingerprint density at radius 3 is 2.59 bits per heavy atom. The third-order valence-electron chi connectivity index (χ3n) is 4.10. The number of hydrogen-bond acceptors (Lipinski definition) is 4. The number of carbonyl (C=O) groups is 1. The van der Waals surface area contributed by atoms with Crippen LogP contribution in [0.2, 0.25) is 0 Å². The highest BCUT2D eigenvalue weighted by molar-refractivity contribution is 5.73. The molecule has 3 aromatic rings. The Balaban J connectivity index is 1.41. The van der Waals surface area contributed by atoms with Gasteiger partial charge in [-0.25, -0.2) is 14.2 Å². The van der Waals surface area contributed by atoms with E-state index in [1.165, 1.54) is 12.1 Å². The smallest absolute Gasteiger partial charge is 0.315 e. The van der Waals surface area contributed by atoms with Crippen LogP contribution in [0.5, 0.6) is 17.4 Å². The molecule has 2 amide bonds. The third kappa shape index (κ3) is 6.49. The Morgan fingerprint density at radius 1 is 1.00 bits per heavy atom. The number of hydrogen-bond donors (Lipinski definition) is 2. The Bertz CT molecular complexity index is 948. The number of nitrogens with zero attached hydrogens (tertiary/aromatic N) is 1. The summed E-state index contributed by atoms with van der Waals surface area (Å²) in [6.45, 7) is 0.749. The van der Waals surface area contributed by atoms with Crippen molar-refractivity contribution < 1.29 is 18.7 Å². The van der Waals surface area contributed by atoms with Crippen molar-refractivity contribution >= 4 is 6.03 Å². The van der Waals surface area contributed by atoms with E-state index in [1.54, 1.807) is 31.5 Å². The van der Waals surface area contributed by atoms with Crippen molar-refractivity contribution in [2.24, 2.45) is 0 Å². The summed E-state index contributed by atoms with van der Waals surface area (Å²) in [7, 11) is 1.59. The fraction of sp³-hybridized carbons (Fsp3) is 0.182. The van der Waals surface area contributed by atoms with Gasteiger partial charge in [0.1, 0.15) is 17.3 Å². The van der Waals surface area contributed by atoms with Gasteiger partial charge in [-0.2, -0.15) is 0 Å². The summed E-state index contributed by atoms with van der Waals surface area (Å²) in [5.41, 5.74) is 1.67. The molecule has 6 nitrogen and oxygen atoms in total. The number of nitrogens with one attached hydrogen (secondary N) is 2. The number of urea groups is 1. The molecular formula is C22H22FN3O3. The average molecular weight is 395 g/mol. The van der Waals surface area contributed by atoms with Gasteiger partial charge in [0, 0.05) is 31.4 Å². The average Bonchev–Trinajstić information content (AvgIpc) is 2.73. The quantitative estimate of drug-likeness (QED) is 0.603. The number of methoxy groups -OCH3 is 1. The maximum absolute atomic E-state index is 13.1. The van der Waals surface area contributed by atoms with Crippen LogP contribution in [0.3, 0.4) is 0 Å². The molecule has 2 N–H and O–H groups in total. The monoisotopic (exact) mass is 395 g/mol. The normalized spacial score (nSPS) is 10.3. The maximum atomic E-state index is 13.1. The Kier molecular flexibility index (Phi) is 7.00. The summed E-state index contributed by atoms with van der Waals surface area (Å²) in [6.07, 6.45) is 2.20. The predicted molar refractivity (Wildman–Crippen MR) is 108 cm³/mol. The van der Waals surface area contributed by atoms with Crippen LogP contribution in [0.15, 0.2) is 66.9 Å². The van der Waals surface area contributed by atoms with Gasteiger partial charge in [0.05, 0.1) is 7.11 Å². The summed E-state index contributed by atoms with van der Waals surface area (Å²) in [5.74, 6) is 1.49. The van der Waals surface area contributed by atoms with E-state index in [0.29, 0.717) is 36.9 Å².